The molecule has 1 fully saturated rings. The number of rotatable bonds is 6. The first-order valence-electron chi connectivity index (χ1n) is 11.9. The Morgan fingerprint density at radius 2 is 1.78 bits per heavy atom. The summed E-state index contributed by atoms with van der Waals surface area (Å²) in [6.07, 6.45) is 7.26. The third-order valence-corrected chi connectivity index (χ3v) is 7.63. The van der Waals surface area contributed by atoms with E-state index in [-0.39, 0.29) is 11.5 Å². The van der Waals surface area contributed by atoms with Crippen molar-refractivity contribution in [2.45, 2.75) is 44.6 Å². The van der Waals surface area contributed by atoms with E-state index in [1.165, 1.54) is 11.1 Å². The van der Waals surface area contributed by atoms with Crippen molar-refractivity contribution in [1.82, 2.24) is 9.66 Å². The summed E-state index contributed by atoms with van der Waals surface area (Å²) in [5, 5.41) is 6.17. The van der Waals surface area contributed by atoms with Crippen LogP contribution in [0.5, 0.6) is 5.75 Å². The van der Waals surface area contributed by atoms with Crippen LogP contribution in [0.4, 0.5) is 0 Å². The third kappa shape index (κ3) is 5.66. The fraction of sp³-hybridized carbons (Fsp3) is 0.250. The molecule has 0 atom stereocenters. The average molecular weight is 585 g/mol. The molecule has 36 heavy (non-hydrogen) atoms. The topological polar surface area (TPSA) is 56.5 Å². The molecule has 0 N–H and O–H groups in total. The molecule has 0 saturated heterocycles. The second-order valence-corrected chi connectivity index (χ2v) is 10.7. The van der Waals surface area contributed by atoms with Crippen molar-refractivity contribution in [3.63, 3.8) is 0 Å². The predicted octanol–water partition coefficient (Wildman–Crippen LogP) is 7.97. The summed E-state index contributed by atoms with van der Waals surface area (Å²) in [4.78, 5) is 18.3. The highest BCUT2D eigenvalue weighted by atomic mass is 79.9. The van der Waals surface area contributed by atoms with Gasteiger partial charge in [0.25, 0.3) is 5.56 Å². The number of hydrogen-bond donors (Lipinski definition) is 0. The van der Waals surface area contributed by atoms with Gasteiger partial charge >= 0.3 is 0 Å². The van der Waals surface area contributed by atoms with Gasteiger partial charge in [-0.1, -0.05) is 64.5 Å². The highest BCUT2D eigenvalue weighted by molar-refractivity contribution is 9.10. The second-order valence-electron chi connectivity index (χ2n) is 8.93. The minimum Gasteiger partial charge on any atom is -0.489 e. The zero-order valence-corrected chi connectivity index (χ0v) is 22.6. The first kappa shape index (κ1) is 25.0. The van der Waals surface area contributed by atoms with Crippen molar-refractivity contribution in [3.8, 4) is 5.75 Å². The van der Waals surface area contributed by atoms with E-state index >= 15 is 0 Å². The van der Waals surface area contributed by atoms with Crippen molar-refractivity contribution in [2.24, 2.45) is 5.10 Å². The molecule has 1 aromatic heterocycles. The van der Waals surface area contributed by atoms with Crippen molar-refractivity contribution >= 4 is 56.2 Å². The monoisotopic (exact) mass is 583 g/mol. The smallest absolute Gasteiger partial charge is 0.282 e. The molecule has 0 spiro atoms. The lowest BCUT2D eigenvalue weighted by Gasteiger charge is -2.22. The molecule has 5 nitrogen and oxygen atoms in total. The Kier molecular flexibility index (Phi) is 7.75. The van der Waals surface area contributed by atoms with E-state index in [4.69, 9.17) is 32.9 Å². The molecular weight excluding hydrogens is 561 g/mol. The fourth-order valence-electron chi connectivity index (χ4n) is 4.47. The lowest BCUT2D eigenvalue weighted by atomic mass is 9.88. The first-order chi connectivity index (χ1) is 17.5. The predicted molar refractivity (Wildman–Crippen MR) is 150 cm³/mol. The van der Waals surface area contributed by atoms with E-state index < -0.39 is 0 Å². The van der Waals surface area contributed by atoms with Gasteiger partial charge in [-0.2, -0.15) is 9.78 Å². The van der Waals surface area contributed by atoms with Crippen LogP contribution in [-0.2, 0) is 6.61 Å². The Bertz CT molecular complexity index is 1480. The van der Waals surface area contributed by atoms with E-state index in [2.05, 4.69) is 21.0 Å². The Balaban J connectivity index is 1.39. The Labute approximate surface area is 227 Å². The summed E-state index contributed by atoms with van der Waals surface area (Å²) in [5.41, 5.74) is 2.34. The van der Waals surface area contributed by atoms with E-state index in [0.29, 0.717) is 27.6 Å². The molecule has 1 aliphatic carbocycles. The SMILES string of the molecule is O=c1c2cc(Br)ccc2nc(C2CCCCC2)n1N=Cc1ccc(OCc2ccc(Cl)c(Cl)c2)cc1. The second kappa shape index (κ2) is 11.2. The Hall–Kier alpha value is -2.67. The van der Waals surface area contributed by atoms with Gasteiger partial charge in [-0.3, -0.25) is 4.79 Å². The molecule has 4 aromatic rings. The van der Waals surface area contributed by atoms with Crippen LogP contribution in [0.25, 0.3) is 10.9 Å². The zero-order chi connectivity index (χ0) is 25.1. The van der Waals surface area contributed by atoms with Gasteiger partial charge in [0.05, 0.1) is 27.2 Å². The minimum atomic E-state index is -0.153. The normalized spacial score (nSPS) is 14.5. The molecule has 3 aromatic carbocycles. The summed E-state index contributed by atoms with van der Waals surface area (Å²) in [5.74, 6) is 1.69. The molecule has 0 aliphatic heterocycles. The summed E-state index contributed by atoms with van der Waals surface area (Å²) in [6, 6.07) is 18.6. The molecule has 1 aliphatic rings. The van der Waals surface area contributed by atoms with Gasteiger partial charge in [0, 0.05) is 10.4 Å². The van der Waals surface area contributed by atoms with E-state index in [9.17, 15) is 4.79 Å². The van der Waals surface area contributed by atoms with Crippen LogP contribution in [0.15, 0.2) is 75.0 Å². The number of benzene rings is 3. The molecule has 5 rings (SSSR count). The summed E-state index contributed by atoms with van der Waals surface area (Å²) in [6.45, 7) is 0.378. The molecule has 0 radical (unpaired) electrons. The van der Waals surface area contributed by atoms with Crippen LogP contribution in [0.3, 0.4) is 0 Å². The van der Waals surface area contributed by atoms with Crippen molar-refractivity contribution in [1.29, 1.82) is 0 Å². The molecule has 8 heteroatoms. The van der Waals surface area contributed by atoms with Gasteiger partial charge in [0.15, 0.2) is 0 Å². The van der Waals surface area contributed by atoms with E-state index in [0.717, 1.165) is 52.9 Å². The van der Waals surface area contributed by atoms with Crippen molar-refractivity contribution in [3.05, 3.63) is 102 Å². The molecular formula is C28H24BrCl2N3O2. The molecule has 0 bridgehead atoms. The quantitative estimate of drug-likeness (QED) is 0.216. The molecule has 0 amide bonds. The van der Waals surface area contributed by atoms with Crippen LogP contribution in [0.2, 0.25) is 10.0 Å². The van der Waals surface area contributed by atoms with Crippen LogP contribution in [-0.4, -0.2) is 15.9 Å². The number of aromatic nitrogens is 2. The fourth-order valence-corrected chi connectivity index (χ4v) is 5.15. The van der Waals surface area contributed by atoms with Crippen LogP contribution in [0, 0.1) is 0 Å². The van der Waals surface area contributed by atoms with Crippen molar-refractivity contribution in [2.75, 3.05) is 0 Å². The van der Waals surface area contributed by atoms with Gasteiger partial charge in [-0.25, -0.2) is 4.98 Å². The summed E-state index contributed by atoms with van der Waals surface area (Å²) < 4.78 is 8.19. The van der Waals surface area contributed by atoms with Crippen LogP contribution < -0.4 is 10.3 Å². The highest BCUT2D eigenvalue weighted by Gasteiger charge is 2.22. The largest absolute Gasteiger partial charge is 0.489 e. The number of hydrogen-bond acceptors (Lipinski definition) is 4. The van der Waals surface area contributed by atoms with Gasteiger partial charge in [-0.05, 0) is 78.6 Å². The van der Waals surface area contributed by atoms with Gasteiger partial charge < -0.3 is 4.74 Å². The highest BCUT2D eigenvalue weighted by Crippen LogP contribution is 2.32. The maximum absolute atomic E-state index is 13.4. The molecule has 0 unspecified atom stereocenters. The molecule has 1 heterocycles. The maximum Gasteiger partial charge on any atom is 0.282 e. The summed E-state index contributed by atoms with van der Waals surface area (Å²) >= 11 is 15.5. The standard InChI is InChI=1S/C28H24BrCl2N3O2/c29-21-9-13-26-23(15-21)28(35)34(27(33-26)20-4-2-1-3-5-20)32-16-18-6-10-22(11-7-18)36-17-19-8-12-24(30)25(31)14-19/h6-16,20H,1-5,17H2. The van der Waals surface area contributed by atoms with E-state index in [1.807, 2.05) is 42.5 Å². The minimum absolute atomic E-state index is 0.153. The van der Waals surface area contributed by atoms with Crippen molar-refractivity contribution < 1.29 is 4.74 Å². The third-order valence-electron chi connectivity index (χ3n) is 6.40. The number of fused-ring (bicyclic) bond motifs is 1. The van der Waals surface area contributed by atoms with Crippen LogP contribution >= 0.6 is 39.1 Å². The molecule has 1 saturated carbocycles. The lowest BCUT2D eigenvalue weighted by Crippen LogP contribution is -2.25. The van der Waals surface area contributed by atoms with Gasteiger partial charge in [0.1, 0.15) is 18.2 Å². The number of nitrogens with zero attached hydrogens (tertiary/aromatic N) is 3. The first-order valence-corrected chi connectivity index (χ1v) is 13.5. The Morgan fingerprint density at radius 1 is 1.00 bits per heavy atom. The van der Waals surface area contributed by atoms with E-state index in [1.54, 1.807) is 24.4 Å². The van der Waals surface area contributed by atoms with Gasteiger partial charge in [-0.15, -0.1) is 0 Å². The average Bonchev–Trinajstić information content (AvgIpc) is 2.90. The summed E-state index contributed by atoms with van der Waals surface area (Å²) in [7, 11) is 0. The lowest BCUT2D eigenvalue weighted by molar-refractivity contribution is 0.306. The number of ether oxygens (including phenoxy) is 1. The van der Waals surface area contributed by atoms with Crippen LogP contribution in [0.1, 0.15) is 55.0 Å². The van der Waals surface area contributed by atoms with Gasteiger partial charge in [0.2, 0.25) is 0 Å². The zero-order valence-electron chi connectivity index (χ0n) is 19.5. The Morgan fingerprint density at radius 3 is 2.53 bits per heavy atom. The maximum atomic E-state index is 13.4. The number of halogens is 3. The molecule has 184 valence electrons.